The van der Waals surface area contributed by atoms with Crippen LogP contribution in [0.4, 0.5) is 4.39 Å². The standard InChI is InChI=1S/C14H16FNO5/c1-8-4-3-5-9(12(8)15)13(18)16-10(14(19)20)6-7-11(17)21-2/h3-5,10H,6-7H2,1-2H3,(H,16,18)(H,19,20). The zero-order valence-corrected chi connectivity index (χ0v) is 11.7. The van der Waals surface area contributed by atoms with Crippen molar-refractivity contribution in [2.75, 3.05) is 7.11 Å². The maximum absolute atomic E-state index is 13.8. The average Bonchev–Trinajstić information content (AvgIpc) is 2.45. The number of carboxylic acids is 1. The van der Waals surface area contributed by atoms with Crippen LogP contribution in [0.2, 0.25) is 0 Å². The summed E-state index contributed by atoms with van der Waals surface area (Å²) in [6.45, 7) is 1.50. The van der Waals surface area contributed by atoms with Crippen molar-refractivity contribution in [1.29, 1.82) is 0 Å². The Morgan fingerprint density at radius 3 is 2.62 bits per heavy atom. The van der Waals surface area contributed by atoms with Gasteiger partial charge in [-0.1, -0.05) is 12.1 Å². The van der Waals surface area contributed by atoms with Gasteiger partial charge in [-0.25, -0.2) is 9.18 Å². The molecule has 1 unspecified atom stereocenters. The first-order valence-corrected chi connectivity index (χ1v) is 6.22. The summed E-state index contributed by atoms with van der Waals surface area (Å²) < 4.78 is 18.2. The minimum atomic E-state index is -1.31. The molecule has 1 aromatic rings. The fourth-order valence-electron chi connectivity index (χ4n) is 1.68. The first-order chi connectivity index (χ1) is 9.86. The normalized spacial score (nSPS) is 11.6. The lowest BCUT2D eigenvalue weighted by molar-refractivity contribution is -0.142. The van der Waals surface area contributed by atoms with E-state index in [0.29, 0.717) is 0 Å². The second kappa shape index (κ2) is 7.37. The van der Waals surface area contributed by atoms with E-state index in [4.69, 9.17) is 5.11 Å². The fraction of sp³-hybridized carbons (Fsp3) is 0.357. The van der Waals surface area contributed by atoms with E-state index < -0.39 is 29.7 Å². The van der Waals surface area contributed by atoms with Crippen molar-refractivity contribution in [2.24, 2.45) is 0 Å². The molecule has 0 bridgehead atoms. The van der Waals surface area contributed by atoms with Crippen LogP contribution in [-0.2, 0) is 14.3 Å². The lowest BCUT2D eigenvalue weighted by atomic mass is 10.1. The number of nitrogens with one attached hydrogen (secondary N) is 1. The number of carbonyl (C=O) groups excluding carboxylic acids is 2. The summed E-state index contributed by atoms with van der Waals surface area (Å²) in [4.78, 5) is 34.0. The van der Waals surface area contributed by atoms with Crippen molar-refractivity contribution in [3.8, 4) is 0 Å². The quantitative estimate of drug-likeness (QED) is 0.771. The molecule has 0 fully saturated rings. The lowest BCUT2D eigenvalue weighted by Crippen LogP contribution is -2.41. The smallest absolute Gasteiger partial charge is 0.326 e. The van der Waals surface area contributed by atoms with Gasteiger partial charge < -0.3 is 15.2 Å². The highest BCUT2D eigenvalue weighted by Gasteiger charge is 2.23. The minimum Gasteiger partial charge on any atom is -0.480 e. The van der Waals surface area contributed by atoms with Crippen LogP contribution in [0.5, 0.6) is 0 Å². The van der Waals surface area contributed by atoms with Crippen LogP contribution in [0.3, 0.4) is 0 Å². The molecule has 0 saturated carbocycles. The fourth-order valence-corrected chi connectivity index (χ4v) is 1.68. The topological polar surface area (TPSA) is 92.7 Å². The molecule has 2 N–H and O–H groups in total. The SMILES string of the molecule is COC(=O)CCC(NC(=O)c1cccc(C)c1F)C(=O)O. The van der Waals surface area contributed by atoms with Crippen molar-refractivity contribution < 1.29 is 28.6 Å². The number of aliphatic carboxylic acids is 1. The van der Waals surface area contributed by atoms with E-state index in [1.54, 1.807) is 0 Å². The number of aryl methyl sites for hydroxylation is 1. The summed E-state index contributed by atoms with van der Waals surface area (Å²) in [5.41, 5.74) is 0.0448. The molecule has 1 atom stereocenters. The van der Waals surface area contributed by atoms with E-state index in [2.05, 4.69) is 10.1 Å². The van der Waals surface area contributed by atoms with Gasteiger partial charge in [0.05, 0.1) is 12.7 Å². The molecule has 6 nitrogen and oxygen atoms in total. The van der Waals surface area contributed by atoms with Crippen LogP contribution in [0.25, 0.3) is 0 Å². The number of esters is 1. The molecule has 0 aliphatic heterocycles. The van der Waals surface area contributed by atoms with Crippen molar-refractivity contribution >= 4 is 17.8 Å². The van der Waals surface area contributed by atoms with E-state index in [1.165, 1.54) is 32.2 Å². The molecule has 0 saturated heterocycles. The van der Waals surface area contributed by atoms with Crippen molar-refractivity contribution in [3.05, 3.63) is 35.1 Å². The van der Waals surface area contributed by atoms with Crippen LogP contribution in [0.15, 0.2) is 18.2 Å². The number of halogens is 1. The van der Waals surface area contributed by atoms with Crippen molar-refractivity contribution in [1.82, 2.24) is 5.32 Å². The number of amides is 1. The molecule has 0 aromatic heterocycles. The third kappa shape index (κ3) is 4.55. The van der Waals surface area contributed by atoms with Gasteiger partial charge in [-0.05, 0) is 25.0 Å². The van der Waals surface area contributed by atoms with E-state index in [1.807, 2.05) is 0 Å². The predicted molar refractivity (Wildman–Crippen MR) is 71.3 cm³/mol. The Labute approximate surface area is 120 Å². The van der Waals surface area contributed by atoms with E-state index >= 15 is 0 Å². The number of rotatable bonds is 6. The summed E-state index contributed by atoms with van der Waals surface area (Å²) in [6, 6.07) is 2.96. The number of benzene rings is 1. The van der Waals surface area contributed by atoms with Gasteiger partial charge in [-0.2, -0.15) is 0 Å². The summed E-state index contributed by atoms with van der Waals surface area (Å²) in [5.74, 6) is -3.43. The average molecular weight is 297 g/mol. The molecule has 1 rings (SSSR count). The molecule has 0 aliphatic carbocycles. The zero-order chi connectivity index (χ0) is 16.0. The maximum atomic E-state index is 13.8. The van der Waals surface area contributed by atoms with Crippen molar-refractivity contribution in [3.63, 3.8) is 0 Å². The van der Waals surface area contributed by atoms with Crippen LogP contribution >= 0.6 is 0 Å². The van der Waals surface area contributed by atoms with E-state index in [9.17, 15) is 18.8 Å². The number of methoxy groups -OCH3 is 1. The largest absolute Gasteiger partial charge is 0.480 e. The van der Waals surface area contributed by atoms with Crippen LogP contribution in [0.1, 0.15) is 28.8 Å². The Bertz CT molecular complexity index is 558. The van der Waals surface area contributed by atoms with Gasteiger partial charge >= 0.3 is 11.9 Å². The predicted octanol–water partition coefficient (Wildman–Crippen LogP) is 1.27. The summed E-state index contributed by atoms with van der Waals surface area (Å²) in [6.07, 6.45) is -0.300. The molecule has 21 heavy (non-hydrogen) atoms. The Morgan fingerprint density at radius 1 is 1.38 bits per heavy atom. The number of hydrogen-bond donors (Lipinski definition) is 2. The molecular weight excluding hydrogens is 281 g/mol. The number of ether oxygens (including phenoxy) is 1. The first-order valence-electron chi connectivity index (χ1n) is 6.22. The van der Waals surface area contributed by atoms with Gasteiger partial charge in [-0.3, -0.25) is 9.59 Å². The third-order valence-corrected chi connectivity index (χ3v) is 2.90. The van der Waals surface area contributed by atoms with Gasteiger partial charge in [0.1, 0.15) is 11.9 Å². The van der Waals surface area contributed by atoms with Crippen LogP contribution in [0, 0.1) is 12.7 Å². The molecule has 7 heteroatoms. The molecule has 0 spiro atoms. The molecule has 114 valence electrons. The molecular formula is C14H16FNO5. The molecule has 0 radical (unpaired) electrons. The second-order valence-electron chi connectivity index (χ2n) is 4.42. The van der Waals surface area contributed by atoms with E-state index in [0.717, 1.165) is 0 Å². The Balaban J connectivity index is 2.79. The molecule has 1 aromatic carbocycles. The number of carbonyl (C=O) groups is 3. The van der Waals surface area contributed by atoms with Gasteiger partial charge in [0.25, 0.3) is 5.91 Å². The van der Waals surface area contributed by atoms with Crippen molar-refractivity contribution in [2.45, 2.75) is 25.8 Å². The van der Waals surface area contributed by atoms with Gasteiger partial charge in [0.2, 0.25) is 0 Å². The molecule has 0 heterocycles. The Hall–Kier alpha value is -2.44. The lowest BCUT2D eigenvalue weighted by Gasteiger charge is -2.14. The van der Waals surface area contributed by atoms with Gasteiger partial charge in [-0.15, -0.1) is 0 Å². The van der Waals surface area contributed by atoms with Gasteiger partial charge in [0.15, 0.2) is 0 Å². The monoisotopic (exact) mass is 297 g/mol. The van der Waals surface area contributed by atoms with Crippen LogP contribution < -0.4 is 5.32 Å². The van der Waals surface area contributed by atoms with Gasteiger partial charge in [0, 0.05) is 6.42 Å². The first kappa shape index (κ1) is 16.6. The number of carboxylic acid groups (broad SMARTS) is 1. The highest BCUT2D eigenvalue weighted by atomic mass is 19.1. The Morgan fingerprint density at radius 2 is 2.05 bits per heavy atom. The maximum Gasteiger partial charge on any atom is 0.326 e. The molecule has 1 amide bonds. The highest BCUT2D eigenvalue weighted by molar-refractivity contribution is 5.97. The summed E-state index contributed by atoms with van der Waals surface area (Å²) >= 11 is 0. The Kier molecular flexibility index (Phi) is 5.83. The summed E-state index contributed by atoms with van der Waals surface area (Å²) in [7, 11) is 1.18. The van der Waals surface area contributed by atoms with E-state index in [-0.39, 0.29) is 24.0 Å². The minimum absolute atomic E-state index is 0.138. The zero-order valence-electron chi connectivity index (χ0n) is 11.7. The second-order valence-corrected chi connectivity index (χ2v) is 4.42. The highest BCUT2D eigenvalue weighted by Crippen LogP contribution is 2.12. The summed E-state index contributed by atoms with van der Waals surface area (Å²) in [5, 5.41) is 11.2. The molecule has 0 aliphatic rings. The third-order valence-electron chi connectivity index (χ3n) is 2.90. The number of hydrogen-bond acceptors (Lipinski definition) is 4. The van der Waals surface area contributed by atoms with Crippen LogP contribution in [-0.4, -0.2) is 36.1 Å².